The number of nitrogens with zero attached hydrogens (tertiary/aromatic N) is 2. The van der Waals surface area contributed by atoms with Crippen LogP contribution < -0.4 is 0 Å². The first-order valence-electron chi connectivity index (χ1n) is 2.06. The van der Waals surface area contributed by atoms with E-state index in [9.17, 15) is 26.6 Å². The van der Waals surface area contributed by atoms with Crippen molar-refractivity contribution in [2.75, 3.05) is 0 Å². The summed E-state index contributed by atoms with van der Waals surface area (Å²) in [7, 11) is -10.4. The van der Waals surface area contributed by atoms with Gasteiger partial charge in [-0.25, -0.2) is 8.57 Å². The van der Waals surface area contributed by atoms with Crippen LogP contribution in [0.15, 0.2) is 10.7 Å². The van der Waals surface area contributed by atoms with Gasteiger partial charge in [0, 0.05) is 0 Å². The van der Waals surface area contributed by atoms with Crippen LogP contribution in [0, 0.1) is 9.81 Å². The van der Waals surface area contributed by atoms with Crippen molar-refractivity contribution in [1.29, 1.82) is 0 Å². The van der Waals surface area contributed by atoms with Gasteiger partial charge in [-0.05, 0) is 0 Å². The summed E-state index contributed by atoms with van der Waals surface area (Å²) < 4.78 is 49.6. The van der Waals surface area contributed by atoms with E-state index in [2.05, 4.69) is 12.2 Å². The van der Waals surface area contributed by atoms with Gasteiger partial charge in [-0.1, -0.05) is 3.63 Å². The van der Waals surface area contributed by atoms with E-state index in [-0.39, 0.29) is 0 Å². The fourth-order valence-corrected chi connectivity index (χ4v) is 1.37. The van der Waals surface area contributed by atoms with E-state index < -0.39 is 20.8 Å². The largest absolute Gasteiger partial charge is 0.489 e. The Labute approximate surface area is 71.1 Å². The highest BCUT2D eigenvalue weighted by atomic mass is 32.3. The normalized spacial score (nSPS) is 11.7. The second kappa shape index (κ2) is 4.06. The Kier molecular flexibility index (Phi) is 3.64. The van der Waals surface area contributed by atoms with Crippen LogP contribution in [0.1, 0.15) is 0 Å². The van der Waals surface area contributed by atoms with Crippen molar-refractivity contribution in [3.05, 3.63) is 9.81 Å². The van der Waals surface area contributed by atoms with Crippen LogP contribution in [0.4, 0.5) is 0 Å². The highest BCUT2D eigenvalue weighted by molar-refractivity contribution is 7.95. The first-order chi connectivity index (χ1) is 5.83. The van der Waals surface area contributed by atoms with E-state index in [0.29, 0.717) is 0 Å². The van der Waals surface area contributed by atoms with Gasteiger partial charge in [-0.15, -0.1) is 9.81 Å². The van der Waals surface area contributed by atoms with E-state index in [0.717, 1.165) is 0 Å². The van der Waals surface area contributed by atoms with E-state index >= 15 is 0 Å². The maximum Gasteiger partial charge on any atom is 0.489 e. The quantitative estimate of drug-likeness (QED) is 0.412. The molecular weight excluding hydrogens is 236 g/mol. The molecule has 0 N–H and O–H groups in total. The Morgan fingerprint density at radius 1 is 0.769 bits per heavy atom. The van der Waals surface area contributed by atoms with Gasteiger partial charge >= 0.3 is 20.8 Å². The van der Waals surface area contributed by atoms with Crippen LogP contribution in [0.5, 0.6) is 0 Å². The molecule has 0 aliphatic heterocycles. The molecule has 0 radical (unpaired) electrons. The summed E-state index contributed by atoms with van der Waals surface area (Å²) in [6.45, 7) is 0. The minimum absolute atomic E-state index is 1.36. The Balaban J connectivity index is 4.62. The second-order valence-corrected chi connectivity index (χ2v) is 3.66. The monoisotopic (exact) mass is 236 g/mol. The molecule has 13 heteroatoms. The highest BCUT2D eigenvalue weighted by Gasteiger charge is 2.27. The van der Waals surface area contributed by atoms with Crippen molar-refractivity contribution in [2.24, 2.45) is 10.7 Å². The minimum Gasteiger partial charge on any atom is -0.209 e. The van der Waals surface area contributed by atoms with Crippen LogP contribution in [0.25, 0.3) is 0 Å². The maximum atomic E-state index is 10.2. The fraction of sp³-hybridized carbons (Fsp3) is 0. The molecule has 0 amide bonds. The van der Waals surface area contributed by atoms with Gasteiger partial charge in [-0.2, -0.15) is 16.8 Å². The number of rotatable bonds is 6. The van der Waals surface area contributed by atoms with Gasteiger partial charge in [-0.3, -0.25) is 0 Å². The summed E-state index contributed by atoms with van der Waals surface area (Å²) in [6.07, 6.45) is 0. The first kappa shape index (κ1) is 11.7. The average molecular weight is 236 g/mol. The third-order valence-corrected chi connectivity index (χ3v) is 2.23. The first-order valence-corrected chi connectivity index (χ1v) is 4.73. The van der Waals surface area contributed by atoms with Crippen LogP contribution in [-0.2, 0) is 33.0 Å². The molecule has 11 nitrogen and oxygen atoms in total. The zero-order valence-corrected chi connectivity index (χ0v) is 7.02. The molecule has 0 saturated heterocycles. The van der Waals surface area contributed by atoms with Crippen LogP contribution >= 0.6 is 0 Å². The Morgan fingerprint density at radius 3 is 1.31 bits per heavy atom. The summed E-state index contributed by atoms with van der Waals surface area (Å²) in [5.41, 5.74) is 0. The van der Waals surface area contributed by atoms with Crippen molar-refractivity contribution < 1.29 is 29.0 Å². The maximum absolute atomic E-state index is 10.2. The summed E-state index contributed by atoms with van der Waals surface area (Å²) in [5, 5.41) is 2.72. The lowest BCUT2D eigenvalue weighted by atomic mass is 13.4. The van der Waals surface area contributed by atoms with Crippen LogP contribution in [0.2, 0.25) is 0 Å². The molecule has 0 aliphatic rings. The molecule has 0 heterocycles. The zero-order valence-electron chi connectivity index (χ0n) is 5.39. The Morgan fingerprint density at radius 2 is 1.08 bits per heavy atom. The SMILES string of the molecule is O=NOS(=O)(=O)OS(=O)(=O)ON=O. The summed E-state index contributed by atoms with van der Waals surface area (Å²) >= 11 is 0. The second-order valence-electron chi connectivity index (χ2n) is 1.18. The van der Waals surface area contributed by atoms with Crippen LogP contribution in [0.3, 0.4) is 0 Å². The van der Waals surface area contributed by atoms with Crippen molar-refractivity contribution >= 4 is 20.8 Å². The van der Waals surface area contributed by atoms with E-state index in [1.807, 2.05) is 0 Å². The molecule has 0 aromatic heterocycles. The van der Waals surface area contributed by atoms with Crippen molar-refractivity contribution in [1.82, 2.24) is 0 Å². The van der Waals surface area contributed by atoms with Crippen molar-refractivity contribution in [3.63, 3.8) is 0 Å². The highest BCUT2D eigenvalue weighted by Crippen LogP contribution is 2.05. The average Bonchev–Trinajstić information content (AvgIpc) is 1.82. The van der Waals surface area contributed by atoms with Gasteiger partial charge in [0.1, 0.15) is 0 Å². The fourth-order valence-electron chi connectivity index (χ4n) is 0.201. The molecule has 13 heavy (non-hydrogen) atoms. The molecule has 0 spiro atoms. The van der Waals surface area contributed by atoms with E-state index in [1.165, 1.54) is 10.7 Å². The predicted molar refractivity (Wildman–Crippen MR) is 32.7 cm³/mol. The van der Waals surface area contributed by atoms with E-state index in [4.69, 9.17) is 0 Å². The van der Waals surface area contributed by atoms with Crippen molar-refractivity contribution in [3.8, 4) is 0 Å². The molecule has 0 aromatic rings. The lowest BCUT2D eigenvalue weighted by molar-refractivity contribution is 0.246. The lowest BCUT2D eigenvalue weighted by Gasteiger charge is -1.95. The number of hydrogen-bond donors (Lipinski definition) is 0. The van der Waals surface area contributed by atoms with E-state index in [1.54, 1.807) is 0 Å². The Hall–Kier alpha value is -1.34. The standard InChI is InChI=1S/N2O9S2/c3-1-9-12(5,6)11-13(7,8)10-2-4. The smallest absolute Gasteiger partial charge is 0.209 e. The number of hydrogen-bond acceptors (Lipinski definition) is 11. The van der Waals surface area contributed by atoms with Gasteiger partial charge < -0.3 is 0 Å². The summed E-state index contributed by atoms with van der Waals surface area (Å²) in [5.74, 6) is 0. The lowest BCUT2D eigenvalue weighted by Crippen LogP contribution is -2.14. The zero-order chi connectivity index (χ0) is 10.5. The molecule has 0 bridgehead atoms. The van der Waals surface area contributed by atoms with Crippen LogP contribution in [-0.4, -0.2) is 16.8 Å². The molecule has 0 fully saturated rings. The third-order valence-electron chi connectivity index (χ3n) is 0.410. The molecule has 0 aliphatic carbocycles. The van der Waals surface area contributed by atoms with Gasteiger partial charge in [0.25, 0.3) is 0 Å². The van der Waals surface area contributed by atoms with Gasteiger partial charge in [0.2, 0.25) is 0 Å². The topological polar surface area (TPSA) is 155 Å². The molecule has 0 saturated carbocycles. The Bertz CT molecular complexity index is 334. The molecule has 0 aromatic carbocycles. The summed E-state index contributed by atoms with van der Waals surface area (Å²) in [4.78, 5) is 18.4. The third kappa shape index (κ3) is 4.99. The minimum atomic E-state index is -5.20. The van der Waals surface area contributed by atoms with Crippen molar-refractivity contribution in [2.45, 2.75) is 0 Å². The van der Waals surface area contributed by atoms with Gasteiger partial charge in [0.15, 0.2) is 10.7 Å². The summed E-state index contributed by atoms with van der Waals surface area (Å²) in [6, 6.07) is 0. The van der Waals surface area contributed by atoms with Gasteiger partial charge in [0.05, 0.1) is 0 Å². The molecule has 0 unspecified atom stereocenters. The molecule has 0 rings (SSSR count). The predicted octanol–water partition coefficient (Wildman–Crippen LogP) is -1.11. The molecule has 0 atom stereocenters. The molecule has 76 valence electrons. The molecular formula is N2O9S2.